The third-order valence-corrected chi connectivity index (χ3v) is 15.7. The first-order chi connectivity index (χ1) is 40.0. The van der Waals surface area contributed by atoms with Crippen molar-refractivity contribution in [2.45, 2.75) is 374 Å². The summed E-state index contributed by atoms with van der Waals surface area (Å²) in [6, 6.07) is 0. The maximum Gasteiger partial charge on any atom is 0.306 e. The van der Waals surface area contributed by atoms with Crippen LogP contribution in [0.2, 0.25) is 0 Å². The molecule has 0 aromatic carbocycles. The topological polar surface area (TPSA) is 78.9 Å². The molecule has 6 nitrogen and oxygen atoms in total. The van der Waals surface area contributed by atoms with Crippen molar-refractivity contribution in [1.82, 2.24) is 0 Å². The lowest BCUT2D eigenvalue weighted by Gasteiger charge is -2.18. The zero-order valence-electron chi connectivity index (χ0n) is 54.1. The molecule has 0 aliphatic heterocycles. The lowest BCUT2D eigenvalue weighted by molar-refractivity contribution is -0.167. The monoisotopic (exact) mass is 1130 g/mol. The van der Waals surface area contributed by atoms with E-state index >= 15 is 0 Å². The van der Waals surface area contributed by atoms with E-state index in [4.69, 9.17) is 14.2 Å². The Labute approximate surface area is 503 Å². The van der Waals surface area contributed by atoms with Gasteiger partial charge in [0.05, 0.1) is 0 Å². The highest BCUT2D eigenvalue weighted by atomic mass is 16.6. The zero-order valence-corrected chi connectivity index (χ0v) is 54.1. The molecule has 0 aliphatic rings. The Bertz CT molecular complexity index is 1490. The molecule has 81 heavy (non-hydrogen) atoms. The summed E-state index contributed by atoms with van der Waals surface area (Å²) in [5.41, 5.74) is 0. The van der Waals surface area contributed by atoms with Gasteiger partial charge in [0.2, 0.25) is 0 Å². The van der Waals surface area contributed by atoms with Crippen LogP contribution in [0, 0.1) is 0 Å². The minimum Gasteiger partial charge on any atom is -0.462 e. The molecule has 0 aromatic heterocycles. The highest BCUT2D eigenvalue weighted by Crippen LogP contribution is 2.18. The van der Waals surface area contributed by atoms with Crippen molar-refractivity contribution in [3.63, 3.8) is 0 Å². The largest absolute Gasteiger partial charge is 0.462 e. The Morgan fingerprint density at radius 3 is 0.753 bits per heavy atom. The van der Waals surface area contributed by atoms with Gasteiger partial charge in [-0.3, -0.25) is 14.4 Å². The molecular formula is C75H134O6. The van der Waals surface area contributed by atoms with E-state index in [0.717, 1.165) is 109 Å². The molecule has 470 valence electrons. The number of rotatable bonds is 65. The maximum absolute atomic E-state index is 12.9. The SMILES string of the molecule is CC/C=C\C/C=C\C/C=C\CCCCCCCC(=O)OCC(COC(=O)CCCCCCCCCCCCCCCC/C=C\C/C=C\C/C=C\CCCCCCC)OC(=O)CCCCCCCCCCCCCCCCCCCCC. The Hall–Kier alpha value is -3.15. The summed E-state index contributed by atoms with van der Waals surface area (Å²) in [4.78, 5) is 38.4. The Kier molecular flexibility index (Phi) is 66.6. The molecule has 0 saturated heterocycles. The number of carbonyl (C=O) groups is 3. The van der Waals surface area contributed by atoms with Crippen molar-refractivity contribution in [2.75, 3.05) is 13.2 Å². The summed E-state index contributed by atoms with van der Waals surface area (Å²) in [5.74, 6) is -0.873. The third-order valence-electron chi connectivity index (χ3n) is 15.7. The van der Waals surface area contributed by atoms with Gasteiger partial charge >= 0.3 is 17.9 Å². The van der Waals surface area contributed by atoms with E-state index in [2.05, 4.69) is 93.7 Å². The Balaban J connectivity index is 4.26. The number of ether oxygens (including phenoxy) is 3. The van der Waals surface area contributed by atoms with E-state index in [9.17, 15) is 14.4 Å². The fraction of sp³-hybridized carbons (Fsp3) is 0.800. The molecule has 0 radical (unpaired) electrons. The number of esters is 3. The van der Waals surface area contributed by atoms with Crippen LogP contribution in [0.15, 0.2) is 72.9 Å². The molecule has 0 amide bonds. The van der Waals surface area contributed by atoms with Crippen molar-refractivity contribution in [3.05, 3.63) is 72.9 Å². The average molecular weight is 1130 g/mol. The highest BCUT2D eigenvalue weighted by molar-refractivity contribution is 5.71. The summed E-state index contributed by atoms with van der Waals surface area (Å²) < 4.78 is 17.0. The van der Waals surface area contributed by atoms with Gasteiger partial charge < -0.3 is 14.2 Å². The molecular weight excluding hydrogens is 997 g/mol. The van der Waals surface area contributed by atoms with Gasteiger partial charge in [-0.1, -0.05) is 331 Å². The molecule has 0 N–H and O–H groups in total. The Morgan fingerprint density at radius 2 is 0.481 bits per heavy atom. The Morgan fingerprint density at radius 1 is 0.259 bits per heavy atom. The van der Waals surface area contributed by atoms with Crippen LogP contribution in [0.3, 0.4) is 0 Å². The summed E-state index contributed by atoms with van der Waals surface area (Å²) in [5, 5.41) is 0. The van der Waals surface area contributed by atoms with Crippen molar-refractivity contribution in [2.24, 2.45) is 0 Å². The first-order valence-electron chi connectivity index (χ1n) is 35.4. The second-order valence-corrected chi connectivity index (χ2v) is 23.8. The smallest absolute Gasteiger partial charge is 0.306 e. The predicted octanol–water partition coefficient (Wildman–Crippen LogP) is 24.4. The molecule has 0 aromatic rings. The molecule has 0 heterocycles. The van der Waals surface area contributed by atoms with Crippen molar-refractivity contribution in [3.8, 4) is 0 Å². The summed E-state index contributed by atoms with van der Waals surface area (Å²) in [6.45, 7) is 6.56. The number of hydrogen-bond donors (Lipinski definition) is 0. The summed E-state index contributed by atoms with van der Waals surface area (Å²) in [6.07, 6.45) is 90.7. The minimum atomic E-state index is -0.782. The predicted molar refractivity (Wildman–Crippen MR) is 353 cm³/mol. The third kappa shape index (κ3) is 67.5. The molecule has 0 fully saturated rings. The van der Waals surface area contributed by atoms with Crippen LogP contribution in [-0.4, -0.2) is 37.2 Å². The van der Waals surface area contributed by atoms with Crippen LogP contribution < -0.4 is 0 Å². The van der Waals surface area contributed by atoms with E-state index in [1.54, 1.807) is 0 Å². The molecule has 1 unspecified atom stereocenters. The zero-order chi connectivity index (χ0) is 58.5. The fourth-order valence-electron chi connectivity index (χ4n) is 10.4. The van der Waals surface area contributed by atoms with Gasteiger partial charge in [-0.2, -0.15) is 0 Å². The van der Waals surface area contributed by atoms with Gasteiger partial charge in [-0.25, -0.2) is 0 Å². The number of hydrogen-bond acceptors (Lipinski definition) is 6. The van der Waals surface area contributed by atoms with E-state index in [0.29, 0.717) is 19.3 Å². The normalized spacial score (nSPS) is 12.5. The van der Waals surface area contributed by atoms with Crippen LogP contribution in [0.25, 0.3) is 0 Å². The van der Waals surface area contributed by atoms with Gasteiger partial charge in [-0.15, -0.1) is 0 Å². The van der Waals surface area contributed by atoms with Crippen LogP contribution in [0.4, 0.5) is 0 Å². The molecule has 0 rings (SSSR count). The standard InChI is InChI=1S/C75H134O6/c1-4-7-10-13-16-19-22-25-28-30-32-33-34-35-36-37-38-39-40-41-43-44-47-50-53-56-59-62-65-68-74(77)80-71-72(70-79-73(76)67-64-61-58-55-52-49-46-27-24-21-18-15-12-9-6-3)81-75(78)69-66-63-60-57-54-51-48-45-42-31-29-26-23-20-17-14-11-8-5-2/h9,12,18,21-22,25,27,30,32,34-35,46,72H,4-8,10-11,13-17,19-20,23-24,26,28-29,31,33,36-45,47-71H2,1-3H3/b12-9-,21-18-,25-22-,32-30-,35-34-,46-27-. The van der Waals surface area contributed by atoms with Gasteiger partial charge in [0.25, 0.3) is 0 Å². The van der Waals surface area contributed by atoms with Gasteiger partial charge in [0.15, 0.2) is 6.10 Å². The van der Waals surface area contributed by atoms with Crippen molar-refractivity contribution >= 4 is 17.9 Å². The molecule has 0 saturated carbocycles. The quantitative estimate of drug-likeness (QED) is 0.0261. The number of allylic oxidation sites excluding steroid dienone is 12. The van der Waals surface area contributed by atoms with Gasteiger partial charge in [0.1, 0.15) is 13.2 Å². The lowest BCUT2D eigenvalue weighted by atomic mass is 10.0. The van der Waals surface area contributed by atoms with Crippen LogP contribution in [-0.2, 0) is 28.6 Å². The number of carbonyl (C=O) groups excluding carboxylic acids is 3. The first-order valence-corrected chi connectivity index (χ1v) is 35.4. The molecule has 0 aliphatic carbocycles. The van der Waals surface area contributed by atoms with E-state index in [-0.39, 0.29) is 31.1 Å². The van der Waals surface area contributed by atoms with E-state index in [1.165, 1.54) is 218 Å². The van der Waals surface area contributed by atoms with E-state index < -0.39 is 6.10 Å². The second-order valence-electron chi connectivity index (χ2n) is 23.8. The first kappa shape index (κ1) is 77.9. The maximum atomic E-state index is 12.9. The summed E-state index contributed by atoms with van der Waals surface area (Å²) in [7, 11) is 0. The highest BCUT2D eigenvalue weighted by Gasteiger charge is 2.19. The average Bonchev–Trinajstić information content (AvgIpc) is 3.47. The van der Waals surface area contributed by atoms with Crippen LogP contribution in [0.5, 0.6) is 0 Å². The van der Waals surface area contributed by atoms with Crippen molar-refractivity contribution in [1.29, 1.82) is 0 Å². The molecule has 1 atom stereocenters. The summed E-state index contributed by atoms with van der Waals surface area (Å²) >= 11 is 0. The molecule has 0 bridgehead atoms. The number of unbranched alkanes of at least 4 members (excludes halogenated alkanes) is 42. The van der Waals surface area contributed by atoms with Gasteiger partial charge in [0, 0.05) is 19.3 Å². The fourth-order valence-corrected chi connectivity index (χ4v) is 10.4. The van der Waals surface area contributed by atoms with E-state index in [1.807, 2.05) is 0 Å². The molecule has 6 heteroatoms. The second kappa shape index (κ2) is 69.3. The van der Waals surface area contributed by atoms with Gasteiger partial charge in [-0.05, 0) is 89.9 Å². The minimum absolute atomic E-state index is 0.0774. The molecule has 0 spiro atoms. The van der Waals surface area contributed by atoms with Crippen molar-refractivity contribution < 1.29 is 28.6 Å². The van der Waals surface area contributed by atoms with Crippen LogP contribution >= 0.6 is 0 Å². The lowest BCUT2D eigenvalue weighted by Crippen LogP contribution is -2.30. The van der Waals surface area contributed by atoms with Crippen LogP contribution in [0.1, 0.15) is 367 Å².